The van der Waals surface area contributed by atoms with Gasteiger partial charge in [-0.25, -0.2) is 0 Å². The highest BCUT2D eigenvalue weighted by molar-refractivity contribution is 5.37. The van der Waals surface area contributed by atoms with Gasteiger partial charge in [-0.15, -0.1) is 0 Å². The van der Waals surface area contributed by atoms with Gasteiger partial charge in [0.05, 0.1) is 0 Å². The van der Waals surface area contributed by atoms with Gasteiger partial charge < -0.3 is 5.73 Å². The highest BCUT2D eigenvalue weighted by Gasteiger charge is 2.15. The highest BCUT2D eigenvalue weighted by atomic mass is 14.6. The molecule has 98 valence electrons. The van der Waals surface area contributed by atoms with Gasteiger partial charge in [0.25, 0.3) is 0 Å². The van der Waals surface area contributed by atoms with E-state index < -0.39 is 0 Å². The van der Waals surface area contributed by atoms with Gasteiger partial charge in [0, 0.05) is 6.04 Å². The van der Waals surface area contributed by atoms with Crippen LogP contribution in [0.25, 0.3) is 0 Å². The monoisotopic (exact) mass is 251 g/mol. The zero-order chi connectivity index (χ0) is 13.1. The zero-order valence-corrected chi connectivity index (χ0v) is 11.3. The summed E-state index contributed by atoms with van der Waals surface area (Å²) in [6.45, 7) is 0. The third-order valence-corrected chi connectivity index (χ3v) is 4.07. The molecule has 0 saturated carbocycles. The number of rotatable bonds is 2. The maximum Gasteiger partial charge on any atom is 0.0297 e. The predicted octanol–water partition coefficient (Wildman–Crippen LogP) is 4.00. The van der Waals surface area contributed by atoms with Crippen LogP contribution in [0.3, 0.4) is 0 Å². The fourth-order valence-corrected chi connectivity index (χ4v) is 2.99. The molecule has 1 aliphatic carbocycles. The standard InChI is InChI=1S/C18H21N/c19-18-9-5-4-8-16-11-10-15(13-17(16)18)12-14-6-2-1-3-7-14/h1-3,6-7,10-11,13,18H,4-5,8-9,12,19H2. The largest absolute Gasteiger partial charge is 0.324 e. The molecule has 2 aromatic rings. The molecule has 0 aromatic heterocycles. The smallest absolute Gasteiger partial charge is 0.0297 e. The van der Waals surface area contributed by atoms with Gasteiger partial charge >= 0.3 is 0 Å². The van der Waals surface area contributed by atoms with Crippen molar-refractivity contribution in [2.75, 3.05) is 0 Å². The van der Waals surface area contributed by atoms with Crippen molar-refractivity contribution in [1.29, 1.82) is 0 Å². The first kappa shape index (κ1) is 12.4. The molecule has 1 heteroatoms. The number of hydrogen-bond acceptors (Lipinski definition) is 1. The molecule has 0 heterocycles. The SMILES string of the molecule is NC1CCCCc2ccc(Cc3ccccc3)cc21. The zero-order valence-electron chi connectivity index (χ0n) is 11.3. The molecule has 2 aromatic carbocycles. The normalized spacial score (nSPS) is 18.7. The Labute approximate surface area is 115 Å². The molecule has 0 amide bonds. The average molecular weight is 251 g/mol. The van der Waals surface area contributed by atoms with Crippen molar-refractivity contribution >= 4 is 0 Å². The molecule has 19 heavy (non-hydrogen) atoms. The fraction of sp³-hybridized carbons (Fsp3) is 0.333. The van der Waals surface area contributed by atoms with Crippen LogP contribution in [0.2, 0.25) is 0 Å². The van der Waals surface area contributed by atoms with E-state index in [1.54, 1.807) is 0 Å². The highest BCUT2D eigenvalue weighted by Crippen LogP contribution is 2.28. The maximum atomic E-state index is 6.31. The number of hydrogen-bond donors (Lipinski definition) is 1. The third-order valence-electron chi connectivity index (χ3n) is 4.07. The van der Waals surface area contributed by atoms with Crippen LogP contribution in [0.4, 0.5) is 0 Å². The number of aryl methyl sites for hydroxylation is 1. The van der Waals surface area contributed by atoms with E-state index in [9.17, 15) is 0 Å². The summed E-state index contributed by atoms with van der Waals surface area (Å²) in [5.74, 6) is 0. The lowest BCUT2D eigenvalue weighted by Crippen LogP contribution is -2.11. The van der Waals surface area contributed by atoms with E-state index in [2.05, 4.69) is 48.5 Å². The quantitative estimate of drug-likeness (QED) is 0.802. The molecule has 1 unspecified atom stereocenters. The second-order valence-corrected chi connectivity index (χ2v) is 5.55. The van der Waals surface area contributed by atoms with Gasteiger partial charge in [-0.2, -0.15) is 0 Å². The Bertz CT molecular complexity index is 545. The van der Waals surface area contributed by atoms with Crippen molar-refractivity contribution in [3.05, 3.63) is 70.8 Å². The van der Waals surface area contributed by atoms with E-state index in [1.165, 1.54) is 41.5 Å². The van der Waals surface area contributed by atoms with E-state index >= 15 is 0 Å². The molecule has 0 aliphatic heterocycles. The molecule has 0 fully saturated rings. The number of nitrogens with two attached hydrogens (primary N) is 1. The van der Waals surface area contributed by atoms with Crippen LogP contribution >= 0.6 is 0 Å². The van der Waals surface area contributed by atoms with Crippen molar-refractivity contribution < 1.29 is 0 Å². The van der Waals surface area contributed by atoms with Crippen LogP contribution in [0.1, 0.15) is 47.6 Å². The summed E-state index contributed by atoms with van der Waals surface area (Å²) in [4.78, 5) is 0. The molecule has 1 nitrogen and oxygen atoms in total. The van der Waals surface area contributed by atoms with Crippen LogP contribution in [0.15, 0.2) is 48.5 Å². The molecule has 0 bridgehead atoms. The molecular formula is C18H21N. The summed E-state index contributed by atoms with van der Waals surface area (Å²) in [5, 5.41) is 0. The van der Waals surface area contributed by atoms with Crippen LogP contribution in [-0.2, 0) is 12.8 Å². The van der Waals surface area contributed by atoms with Gasteiger partial charge in [-0.3, -0.25) is 0 Å². The number of benzene rings is 2. The summed E-state index contributed by atoms with van der Waals surface area (Å²) in [6.07, 6.45) is 5.85. The van der Waals surface area contributed by atoms with E-state index in [0.29, 0.717) is 0 Å². The van der Waals surface area contributed by atoms with E-state index in [4.69, 9.17) is 5.73 Å². The lowest BCUT2D eigenvalue weighted by molar-refractivity contribution is 0.615. The third kappa shape index (κ3) is 2.87. The van der Waals surface area contributed by atoms with Gasteiger partial charge in [0.15, 0.2) is 0 Å². The molecule has 0 spiro atoms. The van der Waals surface area contributed by atoms with Gasteiger partial charge in [0.1, 0.15) is 0 Å². The maximum absolute atomic E-state index is 6.31. The number of fused-ring (bicyclic) bond motifs is 1. The van der Waals surface area contributed by atoms with E-state index in [-0.39, 0.29) is 6.04 Å². The molecule has 0 radical (unpaired) electrons. The molecule has 1 atom stereocenters. The van der Waals surface area contributed by atoms with E-state index in [0.717, 1.165) is 12.8 Å². The second-order valence-electron chi connectivity index (χ2n) is 5.55. The molecular weight excluding hydrogens is 230 g/mol. The Morgan fingerprint density at radius 1 is 0.947 bits per heavy atom. The molecule has 2 N–H and O–H groups in total. The van der Waals surface area contributed by atoms with Crippen molar-refractivity contribution in [1.82, 2.24) is 0 Å². The van der Waals surface area contributed by atoms with Crippen molar-refractivity contribution in [3.8, 4) is 0 Å². The van der Waals surface area contributed by atoms with Crippen LogP contribution < -0.4 is 5.73 Å². The van der Waals surface area contributed by atoms with Crippen LogP contribution in [0.5, 0.6) is 0 Å². The molecule has 1 aliphatic rings. The Morgan fingerprint density at radius 2 is 1.79 bits per heavy atom. The summed E-state index contributed by atoms with van der Waals surface area (Å²) in [6, 6.07) is 17.8. The predicted molar refractivity (Wildman–Crippen MR) is 80.2 cm³/mol. The molecule has 0 saturated heterocycles. The Balaban J connectivity index is 1.88. The molecule has 3 rings (SSSR count). The summed E-state index contributed by atoms with van der Waals surface area (Å²) < 4.78 is 0. The first-order valence-electron chi connectivity index (χ1n) is 7.24. The minimum absolute atomic E-state index is 0.230. The van der Waals surface area contributed by atoms with Crippen LogP contribution in [0, 0.1) is 0 Å². The van der Waals surface area contributed by atoms with Crippen molar-refractivity contribution in [2.24, 2.45) is 5.73 Å². The van der Waals surface area contributed by atoms with Crippen molar-refractivity contribution in [3.63, 3.8) is 0 Å². The van der Waals surface area contributed by atoms with Gasteiger partial charge in [-0.1, -0.05) is 55.0 Å². The van der Waals surface area contributed by atoms with Crippen LogP contribution in [-0.4, -0.2) is 0 Å². The van der Waals surface area contributed by atoms with Crippen molar-refractivity contribution in [2.45, 2.75) is 38.1 Å². The summed E-state index contributed by atoms with van der Waals surface area (Å²) in [5.41, 5.74) is 11.9. The first-order valence-corrected chi connectivity index (χ1v) is 7.24. The Morgan fingerprint density at radius 3 is 2.63 bits per heavy atom. The topological polar surface area (TPSA) is 26.0 Å². The average Bonchev–Trinajstić information content (AvgIpc) is 2.62. The van der Waals surface area contributed by atoms with E-state index in [1.807, 2.05) is 0 Å². The van der Waals surface area contributed by atoms with Gasteiger partial charge in [0.2, 0.25) is 0 Å². The van der Waals surface area contributed by atoms with Gasteiger partial charge in [-0.05, 0) is 47.9 Å². The fourth-order valence-electron chi connectivity index (χ4n) is 2.99. The summed E-state index contributed by atoms with van der Waals surface area (Å²) >= 11 is 0. The Hall–Kier alpha value is -1.60. The minimum atomic E-state index is 0.230. The Kier molecular flexibility index (Phi) is 3.65. The lowest BCUT2D eigenvalue weighted by atomic mass is 9.94. The second kappa shape index (κ2) is 5.58. The lowest BCUT2D eigenvalue weighted by Gasteiger charge is -2.14. The summed E-state index contributed by atoms with van der Waals surface area (Å²) in [7, 11) is 0. The first-order chi connectivity index (χ1) is 9.33. The minimum Gasteiger partial charge on any atom is -0.324 e.